The maximum atomic E-state index is 11.7. The van der Waals surface area contributed by atoms with Gasteiger partial charge in [-0.05, 0) is 0 Å². The maximum absolute atomic E-state index is 11.7. The maximum Gasteiger partial charge on any atom is 0.469 e. The minimum Gasteiger partial charge on any atom is -0.412 e. The van der Waals surface area contributed by atoms with E-state index in [0.717, 1.165) is 0 Å². The smallest absolute Gasteiger partial charge is 0.412 e. The molecule has 0 spiro atoms. The zero-order valence-corrected chi connectivity index (χ0v) is 16.0. The fourth-order valence-corrected chi connectivity index (χ4v) is 2.70. The number of hydrogen-bond donors (Lipinski definition) is 5. The zero-order valence-electron chi connectivity index (χ0n) is 13.1. The molecule has 3 atom stereocenters. The van der Waals surface area contributed by atoms with Crippen LogP contribution in [0.5, 0.6) is 0 Å². The van der Waals surface area contributed by atoms with Crippen molar-refractivity contribution < 1.29 is 34.2 Å². The zero-order chi connectivity index (χ0) is 16.8. The summed E-state index contributed by atoms with van der Waals surface area (Å²) < 4.78 is 22.0. The SMILES string of the molecule is Nc1nc2c(ncn2[C@H]2C[C@H](O)[C@@H](COP(=O)(O)O)O2)c(=O)[nH]1.O.[Na]. The summed E-state index contributed by atoms with van der Waals surface area (Å²) in [4.78, 5) is 39.3. The van der Waals surface area contributed by atoms with Crippen LogP contribution in [0.1, 0.15) is 12.6 Å². The third-order valence-corrected chi connectivity index (χ3v) is 3.86. The van der Waals surface area contributed by atoms with Crippen molar-refractivity contribution in [2.75, 3.05) is 12.3 Å². The van der Waals surface area contributed by atoms with Crippen LogP contribution in [0.15, 0.2) is 11.1 Å². The van der Waals surface area contributed by atoms with Gasteiger partial charge in [-0.1, -0.05) is 0 Å². The number of imidazole rings is 1. The molecule has 3 heterocycles. The van der Waals surface area contributed by atoms with E-state index in [9.17, 15) is 14.5 Å². The average molecular weight is 388 g/mol. The molecule has 0 unspecified atom stereocenters. The van der Waals surface area contributed by atoms with Gasteiger partial charge in [0.2, 0.25) is 5.95 Å². The molecule has 0 aromatic carbocycles. The van der Waals surface area contributed by atoms with Gasteiger partial charge >= 0.3 is 7.82 Å². The van der Waals surface area contributed by atoms with Gasteiger partial charge in [0, 0.05) is 36.0 Å². The molecule has 135 valence electrons. The molecule has 2 aromatic heterocycles. The molecule has 1 saturated heterocycles. The minimum atomic E-state index is -4.66. The largest absolute Gasteiger partial charge is 0.469 e. The molecule has 3 rings (SSSR count). The molecule has 13 nitrogen and oxygen atoms in total. The second-order valence-electron chi connectivity index (χ2n) is 4.99. The molecular weight excluding hydrogens is 372 g/mol. The Labute approximate surface area is 162 Å². The first-order valence-electron chi connectivity index (χ1n) is 6.50. The van der Waals surface area contributed by atoms with Crippen LogP contribution in [0.3, 0.4) is 0 Å². The van der Waals surface area contributed by atoms with Gasteiger partial charge in [-0.25, -0.2) is 9.55 Å². The standard InChI is InChI=1S/C10H14N5O7P.Na.H2O/c11-10-13-8-7(9(17)14-10)12-3-15(8)6-1-4(16)5(22-6)2-21-23(18,19)20;;/h3-6,16H,1-2H2,(H2,18,19,20)(H3,11,13,14,17);;1H2/t4-,5+,6+;;/m0../s1. The first kappa shape index (κ1) is 22.2. The Kier molecular flexibility index (Phi) is 7.30. The van der Waals surface area contributed by atoms with Crippen LogP contribution in [-0.2, 0) is 13.8 Å². The number of hydrogen-bond acceptors (Lipinski definition) is 8. The summed E-state index contributed by atoms with van der Waals surface area (Å²) in [7, 11) is -4.66. The van der Waals surface area contributed by atoms with Crippen LogP contribution < -0.4 is 11.3 Å². The Hall–Kier alpha value is -0.860. The van der Waals surface area contributed by atoms with Crippen LogP contribution in [0.25, 0.3) is 11.2 Å². The van der Waals surface area contributed by atoms with Crippen LogP contribution in [0.2, 0.25) is 0 Å². The van der Waals surface area contributed by atoms with Gasteiger partial charge in [0.15, 0.2) is 11.2 Å². The number of H-pyrrole nitrogens is 1. The Morgan fingerprint density at radius 1 is 1.52 bits per heavy atom. The third-order valence-electron chi connectivity index (χ3n) is 3.37. The average Bonchev–Trinajstić information content (AvgIpc) is 2.99. The fourth-order valence-electron chi connectivity index (χ4n) is 2.36. The van der Waals surface area contributed by atoms with Crippen LogP contribution >= 0.6 is 7.82 Å². The number of fused-ring (bicyclic) bond motifs is 1. The number of aromatic amines is 1. The number of aliphatic hydroxyl groups excluding tert-OH is 1. The van der Waals surface area contributed by atoms with E-state index < -0.39 is 38.4 Å². The summed E-state index contributed by atoms with van der Waals surface area (Å²) >= 11 is 0. The van der Waals surface area contributed by atoms with Gasteiger partial charge < -0.3 is 30.8 Å². The van der Waals surface area contributed by atoms with E-state index in [-0.39, 0.29) is 58.6 Å². The van der Waals surface area contributed by atoms with E-state index in [1.807, 2.05) is 0 Å². The molecule has 1 fully saturated rings. The van der Waals surface area contributed by atoms with Crippen molar-refractivity contribution in [1.82, 2.24) is 19.5 Å². The number of phosphoric acid groups is 1. The number of anilines is 1. The predicted molar refractivity (Wildman–Crippen MR) is 84.5 cm³/mol. The molecule has 0 amide bonds. The number of phosphoric ester groups is 1. The second-order valence-corrected chi connectivity index (χ2v) is 6.23. The topological polar surface area (TPSA) is 217 Å². The molecule has 8 N–H and O–H groups in total. The normalized spacial score (nSPS) is 23.2. The number of ether oxygens (including phenoxy) is 1. The van der Waals surface area contributed by atoms with Gasteiger partial charge in [0.1, 0.15) is 12.3 Å². The van der Waals surface area contributed by atoms with Crippen molar-refractivity contribution in [3.05, 3.63) is 16.7 Å². The number of aromatic nitrogens is 4. The predicted octanol–water partition coefficient (Wildman–Crippen LogP) is -2.75. The third kappa shape index (κ3) is 4.86. The summed E-state index contributed by atoms with van der Waals surface area (Å²) in [6.45, 7) is -0.481. The van der Waals surface area contributed by atoms with Gasteiger partial charge in [-0.3, -0.25) is 18.9 Å². The molecule has 0 saturated carbocycles. The Morgan fingerprint density at radius 2 is 2.20 bits per heavy atom. The van der Waals surface area contributed by atoms with Crippen LogP contribution in [0, 0.1) is 0 Å². The summed E-state index contributed by atoms with van der Waals surface area (Å²) in [6, 6.07) is 0. The van der Waals surface area contributed by atoms with Gasteiger partial charge in [0.05, 0.1) is 19.0 Å². The number of rotatable bonds is 4. The molecule has 25 heavy (non-hydrogen) atoms. The van der Waals surface area contributed by atoms with E-state index in [0.29, 0.717) is 0 Å². The van der Waals surface area contributed by atoms with Crippen molar-refractivity contribution in [1.29, 1.82) is 0 Å². The number of nitrogen functional groups attached to an aromatic ring is 1. The summed E-state index contributed by atoms with van der Waals surface area (Å²) in [5.41, 5.74) is 5.23. The van der Waals surface area contributed by atoms with E-state index in [2.05, 4.69) is 19.5 Å². The Morgan fingerprint density at radius 3 is 2.84 bits per heavy atom. The van der Waals surface area contributed by atoms with Crippen LogP contribution in [0.4, 0.5) is 5.95 Å². The van der Waals surface area contributed by atoms with Crippen molar-refractivity contribution in [2.24, 2.45) is 0 Å². The quantitative estimate of drug-likeness (QED) is 0.269. The van der Waals surface area contributed by atoms with Crippen molar-refractivity contribution in [3.8, 4) is 0 Å². The molecular formula is C10H16N5NaO8P. The van der Waals surface area contributed by atoms with Gasteiger partial charge in [-0.2, -0.15) is 4.98 Å². The minimum absolute atomic E-state index is 0. The van der Waals surface area contributed by atoms with Crippen LogP contribution in [-0.4, -0.2) is 88.3 Å². The number of nitrogens with one attached hydrogen (secondary N) is 1. The number of nitrogens with two attached hydrogens (primary N) is 1. The second kappa shape index (κ2) is 8.22. The van der Waals surface area contributed by atoms with Crippen molar-refractivity contribution in [2.45, 2.75) is 24.9 Å². The Balaban J connectivity index is 0.00000156. The van der Waals surface area contributed by atoms with Gasteiger partial charge in [-0.15, -0.1) is 0 Å². The number of aliphatic hydroxyl groups is 1. The first-order chi connectivity index (χ1) is 10.7. The molecule has 1 aliphatic heterocycles. The van der Waals surface area contributed by atoms with E-state index in [1.54, 1.807) is 0 Å². The summed E-state index contributed by atoms with van der Waals surface area (Å²) in [6.07, 6.45) is -1.26. The molecule has 2 aromatic rings. The van der Waals surface area contributed by atoms with Crippen molar-refractivity contribution in [3.63, 3.8) is 0 Å². The molecule has 15 heteroatoms. The monoisotopic (exact) mass is 388 g/mol. The number of nitrogens with zero attached hydrogens (tertiary/aromatic N) is 3. The molecule has 0 aliphatic carbocycles. The molecule has 1 aliphatic rings. The van der Waals surface area contributed by atoms with Gasteiger partial charge in [0.25, 0.3) is 5.56 Å². The fraction of sp³-hybridized carbons (Fsp3) is 0.500. The van der Waals surface area contributed by atoms with E-state index >= 15 is 0 Å². The van der Waals surface area contributed by atoms with Crippen molar-refractivity contribution >= 4 is 54.5 Å². The van der Waals surface area contributed by atoms with E-state index in [1.165, 1.54) is 10.9 Å². The summed E-state index contributed by atoms with van der Waals surface area (Å²) in [5, 5.41) is 9.93. The molecule has 1 radical (unpaired) electrons. The summed E-state index contributed by atoms with van der Waals surface area (Å²) in [5.74, 6) is -0.0934. The molecule has 0 bridgehead atoms. The Bertz CT molecular complexity index is 836. The first-order valence-corrected chi connectivity index (χ1v) is 8.03. The van der Waals surface area contributed by atoms with E-state index in [4.69, 9.17) is 20.3 Å².